The molecule has 12 nitrogen and oxygen atoms in total. The second-order valence-electron chi connectivity index (χ2n) is 10.1. The van der Waals surface area contributed by atoms with E-state index in [4.69, 9.17) is 22.1 Å². The van der Waals surface area contributed by atoms with Gasteiger partial charge in [-0.05, 0) is 54.6 Å². The van der Waals surface area contributed by atoms with Gasteiger partial charge in [-0.2, -0.15) is 27.8 Å². The maximum Gasteiger partial charge on any atom is 0.411 e. The number of carbonyl (C=O) groups is 2. The molecule has 0 fully saturated rings. The molecule has 3 aromatic carbocycles. The number of halogens is 5. The topological polar surface area (TPSA) is 143 Å². The number of hydrogen-bond acceptors (Lipinski definition) is 7. The van der Waals surface area contributed by atoms with E-state index in [1.54, 1.807) is 61.5 Å². The van der Waals surface area contributed by atoms with Crippen LogP contribution in [-0.4, -0.2) is 59.4 Å². The second kappa shape index (κ2) is 16.9. The van der Waals surface area contributed by atoms with Crippen LogP contribution >= 0.6 is 11.6 Å². The Bertz CT molecular complexity index is 1790. The first-order valence-corrected chi connectivity index (χ1v) is 14.7. The van der Waals surface area contributed by atoms with Crippen molar-refractivity contribution in [2.45, 2.75) is 32.1 Å². The van der Waals surface area contributed by atoms with Gasteiger partial charge in [-0.25, -0.2) is 19.5 Å². The van der Waals surface area contributed by atoms with E-state index in [-0.39, 0.29) is 22.2 Å². The van der Waals surface area contributed by atoms with Crippen LogP contribution in [0.15, 0.2) is 100 Å². The molecule has 1 heterocycles. The SMILES string of the molecule is C=N/C=N\N(c1cc(C(COC(=O)Nc2ccccc2)N(C=O)C(N)=NC(C)c2ccc(-c3cnn(C(F)F)c3)cc2)ccc1Cl)C(F)F. The first-order valence-electron chi connectivity index (χ1n) is 14.4. The van der Waals surface area contributed by atoms with Gasteiger partial charge in [-0.1, -0.05) is 60.1 Å². The highest BCUT2D eigenvalue weighted by Crippen LogP contribution is 2.34. The predicted molar refractivity (Wildman–Crippen MR) is 179 cm³/mol. The van der Waals surface area contributed by atoms with Crippen LogP contribution in [0.3, 0.4) is 0 Å². The highest BCUT2D eigenvalue weighted by molar-refractivity contribution is 6.33. The summed E-state index contributed by atoms with van der Waals surface area (Å²) < 4.78 is 59.8. The normalized spacial score (nSPS) is 12.9. The lowest BCUT2D eigenvalue weighted by Crippen LogP contribution is -2.42. The summed E-state index contributed by atoms with van der Waals surface area (Å²) in [5.74, 6) is -0.294. The van der Waals surface area contributed by atoms with E-state index in [0.29, 0.717) is 38.5 Å². The highest BCUT2D eigenvalue weighted by Gasteiger charge is 2.28. The molecule has 0 saturated heterocycles. The molecule has 2 atom stereocenters. The Hall–Kier alpha value is -5.77. The number of amides is 2. The maximum atomic E-state index is 14.0. The van der Waals surface area contributed by atoms with Crippen LogP contribution in [0.25, 0.3) is 11.1 Å². The number of nitrogens with one attached hydrogen (secondary N) is 1. The van der Waals surface area contributed by atoms with Crippen molar-refractivity contribution in [3.05, 3.63) is 101 Å². The van der Waals surface area contributed by atoms with Gasteiger partial charge in [-0.3, -0.25) is 20.0 Å². The molecule has 49 heavy (non-hydrogen) atoms. The number of anilines is 2. The molecule has 2 unspecified atom stereocenters. The summed E-state index contributed by atoms with van der Waals surface area (Å²) >= 11 is 6.25. The minimum Gasteiger partial charge on any atom is -0.447 e. The number of para-hydroxylation sites is 1. The lowest BCUT2D eigenvalue weighted by atomic mass is 10.0. The number of benzene rings is 3. The minimum atomic E-state index is -3.14. The van der Waals surface area contributed by atoms with E-state index in [2.05, 4.69) is 32.2 Å². The average Bonchev–Trinajstić information content (AvgIpc) is 3.59. The summed E-state index contributed by atoms with van der Waals surface area (Å²) in [5, 5.41) is 9.97. The molecule has 0 aliphatic rings. The van der Waals surface area contributed by atoms with Crippen molar-refractivity contribution in [2.75, 3.05) is 16.9 Å². The number of hydrazone groups is 1. The zero-order chi connectivity index (χ0) is 35.5. The largest absolute Gasteiger partial charge is 0.447 e. The van der Waals surface area contributed by atoms with Crippen LogP contribution in [0, 0.1) is 0 Å². The molecule has 0 bridgehead atoms. The van der Waals surface area contributed by atoms with Gasteiger partial charge in [0.1, 0.15) is 12.9 Å². The molecular formula is C32H30ClF4N9O3. The Labute approximate surface area is 283 Å². The Morgan fingerprint density at radius 2 is 1.78 bits per heavy atom. The van der Waals surface area contributed by atoms with E-state index < -0.39 is 37.9 Å². The Balaban J connectivity index is 1.64. The van der Waals surface area contributed by atoms with E-state index in [9.17, 15) is 27.2 Å². The third-order valence-electron chi connectivity index (χ3n) is 7.00. The first-order chi connectivity index (χ1) is 23.5. The number of hydrogen-bond donors (Lipinski definition) is 2. The van der Waals surface area contributed by atoms with E-state index in [1.807, 2.05) is 0 Å². The number of aromatic nitrogens is 2. The number of nitrogens with two attached hydrogens (primary N) is 1. The van der Waals surface area contributed by atoms with Crippen molar-refractivity contribution in [3.63, 3.8) is 0 Å². The van der Waals surface area contributed by atoms with Gasteiger partial charge >= 0.3 is 19.2 Å². The molecule has 17 heteroatoms. The third-order valence-corrected chi connectivity index (χ3v) is 7.32. The molecule has 256 valence electrons. The van der Waals surface area contributed by atoms with Gasteiger partial charge in [-0.15, -0.1) is 0 Å². The predicted octanol–water partition coefficient (Wildman–Crippen LogP) is 7.10. The first kappa shape index (κ1) is 36.1. The monoisotopic (exact) mass is 699 g/mol. The van der Waals surface area contributed by atoms with Gasteiger partial charge in [0.05, 0.1) is 29.0 Å². The summed E-state index contributed by atoms with van der Waals surface area (Å²) in [7, 11) is 0. The molecule has 0 aliphatic carbocycles. The molecule has 0 saturated carbocycles. The zero-order valence-corrected chi connectivity index (χ0v) is 26.5. The zero-order valence-electron chi connectivity index (χ0n) is 25.8. The fraction of sp³-hybridized carbons (Fsp3) is 0.188. The van der Waals surface area contributed by atoms with Crippen LogP contribution in [0.2, 0.25) is 5.02 Å². The molecule has 1 aromatic heterocycles. The number of nitrogens with zero attached hydrogens (tertiary/aromatic N) is 7. The summed E-state index contributed by atoms with van der Waals surface area (Å²) in [6.07, 6.45) is 2.83. The van der Waals surface area contributed by atoms with Crippen molar-refractivity contribution >= 4 is 54.5 Å². The maximum absolute atomic E-state index is 14.0. The average molecular weight is 700 g/mol. The molecular weight excluding hydrogens is 670 g/mol. The Morgan fingerprint density at radius 3 is 2.39 bits per heavy atom. The fourth-order valence-electron chi connectivity index (χ4n) is 4.56. The third kappa shape index (κ3) is 9.41. The van der Waals surface area contributed by atoms with Gasteiger partial charge in [0.15, 0.2) is 5.96 Å². The number of ether oxygens (including phenoxy) is 1. The summed E-state index contributed by atoms with van der Waals surface area (Å²) in [6.45, 7) is -1.51. The summed E-state index contributed by atoms with van der Waals surface area (Å²) in [4.78, 5) is 34.0. The molecule has 0 radical (unpaired) electrons. The van der Waals surface area contributed by atoms with Gasteiger partial charge in [0.2, 0.25) is 6.41 Å². The number of rotatable bonds is 14. The van der Waals surface area contributed by atoms with Crippen molar-refractivity contribution in [1.29, 1.82) is 0 Å². The van der Waals surface area contributed by atoms with Crippen molar-refractivity contribution in [2.24, 2.45) is 20.8 Å². The van der Waals surface area contributed by atoms with Gasteiger partial charge in [0, 0.05) is 17.4 Å². The van der Waals surface area contributed by atoms with Crippen LogP contribution < -0.4 is 16.1 Å². The number of alkyl halides is 4. The van der Waals surface area contributed by atoms with Gasteiger partial charge in [0.25, 0.3) is 0 Å². The molecule has 4 aromatic rings. The number of guanidine groups is 1. The van der Waals surface area contributed by atoms with Crippen LogP contribution in [0.1, 0.15) is 36.7 Å². The van der Waals surface area contributed by atoms with E-state index in [0.717, 1.165) is 11.2 Å². The Kier molecular flexibility index (Phi) is 12.4. The Morgan fingerprint density at radius 1 is 1.08 bits per heavy atom. The van der Waals surface area contributed by atoms with Crippen molar-refractivity contribution < 1.29 is 31.9 Å². The van der Waals surface area contributed by atoms with Crippen molar-refractivity contribution in [3.8, 4) is 11.1 Å². The van der Waals surface area contributed by atoms with Crippen molar-refractivity contribution in [1.82, 2.24) is 14.7 Å². The second-order valence-corrected chi connectivity index (χ2v) is 10.5. The van der Waals surface area contributed by atoms with Crippen LogP contribution in [0.5, 0.6) is 0 Å². The molecule has 3 N–H and O–H groups in total. The number of aliphatic imine (C=N–C) groups is 2. The molecule has 4 rings (SSSR count). The number of carbonyl (C=O) groups excluding carboxylic acids is 2. The van der Waals surface area contributed by atoms with E-state index in [1.165, 1.54) is 30.6 Å². The van der Waals surface area contributed by atoms with Crippen LogP contribution in [-0.2, 0) is 9.53 Å². The smallest absolute Gasteiger partial charge is 0.411 e. The van der Waals surface area contributed by atoms with Crippen LogP contribution in [0.4, 0.5) is 33.7 Å². The van der Waals surface area contributed by atoms with Gasteiger partial charge < -0.3 is 10.5 Å². The summed E-state index contributed by atoms with van der Waals surface area (Å²) in [6, 6.07) is 17.4. The minimum absolute atomic E-state index is 0.107. The van der Waals surface area contributed by atoms with E-state index >= 15 is 0 Å². The quantitative estimate of drug-likeness (QED) is 0.0359. The standard InChI is InChI=1S/C32H30ClF4N9O3/c1-20(21-8-10-22(11-9-21)24-15-40-45(16-24)29(34)35)42-31(38)44(19-47)28(17-49-32(48)43-25-6-4-3-5-7-25)23-12-13-26(33)27(14-23)46(30(36)37)41-18-39-2/h3-16,18-20,28-30H,2,17H2,1H3,(H2,38,42)(H,43,48)/b41-18-. The summed E-state index contributed by atoms with van der Waals surface area (Å²) in [5.41, 5.74) is 8.48. The fourth-order valence-corrected chi connectivity index (χ4v) is 4.77. The molecule has 2 amide bonds. The highest BCUT2D eigenvalue weighted by atomic mass is 35.5. The lowest BCUT2D eigenvalue weighted by Gasteiger charge is -2.29. The lowest BCUT2D eigenvalue weighted by molar-refractivity contribution is -0.117. The molecule has 0 spiro atoms. The molecule has 0 aliphatic heterocycles.